The van der Waals surface area contributed by atoms with Gasteiger partial charge in [-0.3, -0.25) is 0 Å². The number of nitrogens with one attached hydrogen (secondary N) is 2. The predicted octanol–water partition coefficient (Wildman–Crippen LogP) is 5.13. The van der Waals surface area contributed by atoms with Crippen molar-refractivity contribution in [3.8, 4) is 23.3 Å². The lowest BCUT2D eigenvalue weighted by Crippen LogP contribution is -2.27. The van der Waals surface area contributed by atoms with Crippen LogP contribution >= 0.6 is 11.6 Å². The van der Waals surface area contributed by atoms with Crippen LogP contribution < -0.4 is 5.32 Å². The van der Waals surface area contributed by atoms with Crippen LogP contribution in [0.4, 0.5) is 5.82 Å². The molecule has 1 spiro atoms. The van der Waals surface area contributed by atoms with E-state index < -0.39 is 0 Å². The molecule has 0 radical (unpaired) electrons. The SMILES string of the molecule is C[C@]1(C#N)CC[C@@]2(CNc3ncc(-c4c[nH]c5ccc(C#N)cc45)c(Cl)c32)C1. The minimum Gasteiger partial charge on any atom is -0.369 e. The van der Waals surface area contributed by atoms with E-state index in [-0.39, 0.29) is 10.8 Å². The number of halogens is 1. The third kappa shape index (κ3) is 2.27. The van der Waals surface area contributed by atoms with Crippen molar-refractivity contribution in [1.29, 1.82) is 10.5 Å². The molecule has 0 saturated heterocycles. The lowest BCUT2D eigenvalue weighted by molar-refractivity contribution is 0.404. The highest BCUT2D eigenvalue weighted by atomic mass is 35.5. The molecule has 0 amide bonds. The summed E-state index contributed by atoms with van der Waals surface area (Å²) in [5, 5.41) is 23.9. The van der Waals surface area contributed by atoms with Crippen LogP contribution in [0.5, 0.6) is 0 Å². The van der Waals surface area contributed by atoms with Gasteiger partial charge in [-0.25, -0.2) is 4.98 Å². The molecule has 2 aromatic heterocycles. The molecule has 6 heteroatoms. The van der Waals surface area contributed by atoms with Crippen LogP contribution in [0.25, 0.3) is 22.0 Å². The molecule has 0 unspecified atom stereocenters. The second-order valence-corrected chi connectivity index (χ2v) is 8.65. The van der Waals surface area contributed by atoms with Crippen LogP contribution in [-0.4, -0.2) is 16.5 Å². The molecule has 2 aliphatic rings. The molecule has 1 aromatic carbocycles. The maximum atomic E-state index is 9.61. The minimum atomic E-state index is -0.328. The van der Waals surface area contributed by atoms with Gasteiger partial charge in [0, 0.05) is 51.9 Å². The predicted molar refractivity (Wildman–Crippen MR) is 109 cm³/mol. The number of benzene rings is 1. The monoisotopic (exact) mass is 387 g/mol. The van der Waals surface area contributed by atoms with Gasteiger partial charge in [0.1, 0.15) is 5.82 Å². The molecule has 3 heterocycles. The summed E-state index contributed by atoms with van der Waals surface area (Å²) < 4.78 is 0. The Morgan fingerprint density at radius 3 is 2.82 bits per heavy atom. The van der Waals surface area contributed by atoms with Crippen LogP contribution in [0.2, 0.25) is 5.02 Å². The van der Waals surface area contributed by atoms with Crippen molar-refractivity contribution < 1.29 is 0 Å². The van der Waals surface area contributed by atoms with E-state index in [4.69, 9.17) is 11.6 Å². The summed E-state index contributed by atoms with van der Waals surface area (Å²) in [6.45, 7) is 2.80. The van der Waals surface area contributed by atoms with E-state index in [1.807, 2.05) is 25.3 Å². The topological polar surface area (TPSA) is 88.3 Å². The number of nitrogens with zero attached hydrogens (tertiary/aromatic N) is 3. The fourth-order valence-electron chi connectivity index (χ4n) is 4.95. The molecule has 2 atom stereocenters. The van der Waals surface area contributed by atoms with Crippen LogP contribution in [-0.2, 0) is 5.41 Å². The molecule has 28 heavy (non-hydrogen) atoms. The molecule has 1 fully saturated rings. The molecule has 5 nitrogen and oxygen atoms in total. The maximum absolute atomic E-state index is 9.61. The highest BCUT2D eigenvalue weighted by molar-refractivity contribution is 6.35. The second-order valence-electron chi connectivity index (χ2n) is 8.27. The number of hydrogen-bond donors (Lipinski definition) is 2. The Balaban J connectivity index is 1.69. The molecule has 0 bridgehead atoms. The maximum Gasteiger partial charge on any atom is 0.131 e. The van der Waals surface area contributed by atoms with Crippen molar-refractivity contribution in [2.75, 3.05) is 11.9 Å². The van der Waals surface area contributed by atoms with Crippen molar-refractivity contribution >= 4 is 28.3 Å². The summed E-state index contributed by atoms with van der Waals surface area (Å²) in [4.78, 5) is 7.92. The van der Waals surface area contributed by atoms with Crippen molar-refractivity contribution in [2.24, 2.45) is 5.41 Å². The van der Waals surface area contributed by atoms with Crippen molar-refractivity contribution in [2.45, 2.75) is 31.6 Å². The zero-order chi connectivity index (χ0) is 19.5. The Morgan fingerprint density at radius 1 is 1.21 bits per heavy atom. The van der Waals surface area contributed by atoms with Crippen LogP contribution in [0, 0.1) is 28.1 Å². The highest BCUT2D eigenvalue weighted by Gasteiger charge is 2.52. The molecule has 3 aromatic rings. The van der Waals surface area contributed by atoms with E-state index in [0.717, 1.165) is 59.2 Å². The summed E-state index contributed by atoms with van der Waals surface area (Å²) in [6, 6.07) is 10.3. The van der Waals surface area contributed by atoms with Crippen LogP contribution in [0.1, 0.15) is 37.3 Å². The summed E-state index contributed by atoms with van der Waals surface area (Å²) in [5.74, 6) is 0.827. The molecule has 5 rings (SSSR count). The normalized spacial score (nSPS) is 25.4. The number of aromatic amines is 1. The number of nitriles is 2. The Hall–Kier alpha value is -3.02. The first kappa shape index (κ1) is 17.1. The number of hydrogen-bond acceptors (Lipinski definition) is 4. The molecule has 138 valence electrons. The van der Waals surface area contributed by atoms with Crippen LogP contribution in [0.3, 0.4) is 0 Å². The molecular formula is C22H18ClN5. The average molecular weight is 388 g/mol. The van der Waals surface area contributed by atoms with Gasteiger partial charge in [0.2, 0.25) is 0 Å². The average Bonchev–Trinajstić information content (AvgIpc) is 3.39. The summed E-state index contributed by atoms with van der Waals surface area (Å²) in [7, 11) is 0. The first-order valence-electron chi connectivity index (χ1n) is 9.34. The van der Waals surface area contributed by atoms with Crippen molar-refractivity contribution in [1.82, 2.24) is 9.97 Å². The minimum absolute atomic E-state index is 0.149. The lowest BCUT2D eigenvalue weighted by atomic mass is 9.77. The Kier molecular flexibility index (Phi) is 3.50. The fraction of sp³-hybridized carbons (Fsp3) is 0.318. The number of rotatable bonds is 1. The van der Waals surface area contributed by atoms with E-state index >= 15 is 0 Å². The number of pyridine rings is 1. The van der Waals surface area contributed by atoms with Gasteiger partial charge in [0.25, 0.3) is 0 Å². The van der Waals surface area contributed by atoms with E-state index in [1.54, 1.807) is 12.3 Å². The standard InChI is InChI=1S/C22H18ClN5/c1-21(11-25)4-5-22(10-21)12-28-20-18(22)19(23)16(9-27-20)15-8-26-17-3-2-13(7-24)6-14(15)17/h2-3,6,8-9,26H,4-5,10,12H2,1H3,(H,27,28)/t21-,22-/m0/s1. The fourth-order valence-corrected chi connectivity index (χ4v) is 5.39. The highest BCUT2D eigenvalue weighted by Crippen LogP contribution is 2.57. The second kappa shape index (κ2) is 5.74. The summed E-state index contributed by atoms with van der Waals surface area (Å²) in [5.41, 5.74) is 3.92. The molecular weight excluding hydrogens is 370 g/mol. The van der Waals surface area contributed by atoms with Gasteiger partial charge in [-0.15, -0.1) is 0 Å². The molecule has 1 aliphatic carbocycles. The Labute approximate surface area is 168 Å². The third-order valence-electron chi connectivity index (χ3n) is 6.39. The van der Waals surface area contributed by atoms with E-state index in [1.165, 1.54) is 0 Å². The zero-order valence-electron chi connectivity index (χ0n) is 15.4. The quantitative estimate of drug-likeness (QED) is 0.605. The Morgan fingerprint density at radius 2 is 2.07 bits per heavy atom. The van der Waals surface area contributed by atoms with Gasteiger partial charge in [-0.1, -0.05) is 11.6 Å². The van der Waals surface area contributed by atoms with Crippen molar-refractivity contribution in [3.05, 3.63) is 46.7 Å². The first-order chi connectivity index (χ1) is 13.5. The van der Waals surface area contributed by atoms with Gasteiger partial charge >= 0.3 is 0 Å². The molecule has 2 N–H and O–H groups in total. The van der Waals surface area contributed by atoms with E-state index in [0.29, 0.717) is 10.6 Å². The van der Waals surface area contributed by atoms with Gasteiger partial charge in [-0.05, 0) is 44.4 Å². The zero-order valence-corrected chi connectivity index (χ0v) is 16.2. The number of aromatic nitrogens is 2. The summed E-state index contributed by atoms with van der Waals surface area (Å²) in [6.07, 6.45) is 6.30. The molecule has 1 aliphatic heterocycles. The van der Waals surface area contributed by atoms with Crippen molar-refractivity contribution in [3.63, 3.8) is 0 Å². The molecule has 1 saturated carbocycles. The van der Waals surface area contributed by atoms with E-state index in [2.05, 4.69) is 27.4 Å². The van der Waals surface area contributed by atoms with E-state index in [9.17, 15) is 10.5 Å². The van der Waals surface area contributed by atoms with Gasteiger partial charge < -0.3 is 10.3 Å². The van der Waals surface area contributed by atoms with Gasteiger partial charge in [-0.2, -0.15) is 10.5 Å². The number of fused-ring (bicyclic) bond motifs is 3. The van der Waals surface area contributed by atoms with Gasteiger partial charge in [0.05, 0.1) is 28.1 Å². The number of anilines is 1. The van der Waals surface area contributed by atoms with Crippen LogP contribution in [0.15, 0.2) is 30.6 Å². The first-order valence-corrected chi connectivity index (χ1v) is 9.72. The summed E-state index contributed by atoms with van der Waals surface area (Å²) >= 11 is 6.98. The van der Waals surface area contributed by atoms with Gasteiger partial charge in [0.15, 0.2) is 0 Å². The number of H-pyrrole nitrogens is 1. The largest absolute Gasteiger partial charge is 0.369 e. The Bertz CT molecular complexity index is 1210. The lowest BCUT2D eigenvalue weighted by Gasteiger charge is -2.26. The third-order valence-corrected chi connectivity index (χ3v) is 6.79. The smallest absolute Gasteiger partial charge is 0.131 e.